The van der Waals surface area contributed by atoms with Gasteiger partial charge in [-0.25, -0.2) is 0 Å². The summed E-state index contributed by atoms with van der Waals surface area (Å²) in [6.07, 6.45) is 1.56. The minimum Gasteiger partial charge on any atom is -0.490 e. The molecule has 0 spiro atoms. The average molecular weight is 574 g/mol. The maximum absolute atomic E-state index is 13.0. The SMILES string of the molecule is CCOc1cc(/C=C2/SC(=O)N(CC(=O)Nc3ccc(C)cc3C)C2=O)ccc1OCC(=O)Nc1cccc(C)c1. The highest BCUT2D eigenvalue weighted by atomic mass is 32.2. The van der Waals surface area contributed by atoms with E-state index >= 15 is 0 Å². The van der Waals surface area contributed by atoms with Crippen molar-refractivity contribution in [2.24, 2.45) is 0 Å². The van der Waals surface area contributed by atoms with Gasteiger partial charge < -0.3 is 20.1 Å². The molecule has 3 aromatic carbocycles. The molecule has 1 saturated heterocycles. The van der Waals surface area contributed by atoms with E-state index in [4.69, 9.17) is 9.47 Å². The number of imide groups is 1. The molecule has 4 amide bonds. The van der Waals surface area contributed by atoms with Crippen LogP contribution in [0.2, 0.25) is 0 Å². The first-order valence-electron chi connectivity index (χ1n) is 13.0. The van der Waals surface area contributed by atoms with Crippen LogP contribution >= 0.6 is 11.8 Å². The third-order valence-corrected chi connectivity index (χ3v) is 6.96. The topological polar surface area (TPSA) is 114 Å². The second-order valence-corrected chi connectivity index (χ2v) is 10.5. The number of hydrogen-bond acceptors (Lipinski definition) is 7. The van der Waals surface area contributed by atoms with Crippen LogP contribution in [-0.4, -0.2) is 47.6 Å². The molecule has 0 bridgehead atoms. The lowest BCUT2D eigenvalue weighted by Gasteiger charge is -2.14. The first-order valence-corrected chi connectivity index (χ1v) is 13.8. The number of carbonyl (C=O) groups is 4. The molecule has 0 aromatic heterocycles. The van der Waals surface area contributed by atoms with Crippen LogP contribution in [0.1, 0.15) is 29.2 Å². The Morgan fingerprint density at radius 2 is 1.66 bits per heavy atom. The second-order valence-electron chi connectivity index (χ2n) is 9.48. The third-order valence-electron chi connectivity index (χ3n) is 6.06. The Hall–Kier alpha value is -4.57. The molecule has 0 unspecified atom stereocenters. The first kappa shape index (κ1) is 29.4. The van der Waals surface area contributed by atoms with E-state index in [1.165, 1.54) is 0 Å². The van der Waals surface area contributed by atoms with Crippen molar-refractivity contribution in [3.63, 3.8) is 0 Å². The van der Waals surface area contributed by atoms with Gasteiger partial charge in [-0.3, -0.25) is 24.1 Å². The zero-order valence-corrected chi connectivity index (χ0v) is 24.1. The number of anilines is 2. The summed E-state index contributed by atoms with van der Waals surface area (Å²) in [6, 6.07) is 18.0. The Balaban J connectivity index is 1.41. The van der Waals surface area contributed by atoms with Gasteiger partial charge in [0.2, 0.25) is 5.91 Å². The lowest BCUT2D eigenvalue weighted by atomic mass is 10.1. The minimum absolute atomic E-state index is 0.183. The Labute approximate surface area is 242 Å². The molecule has 4 rings (SSSR count). The number of thioether (sulfide) groups is 1. The van der Waals surface area contributed by atoms with Crippen molar-refractivity contribution in [2.45, 2.75) is 27.7 Å². The predicted octanol–water partition coefficient (Wildman–Crippen LogP) is 5.70. The van der Waals surface area contributed by atoms with Gasteiger partial charge in [-0.2, -0.15) is 0 Å². The van der Waals surface area contributed by atoms with Crippen molar-refractivity contribution in [3.8, 4) is 11.5 Å². The number of hydrogen-bond donors (Lipinski definition) is 2. The smallest absolute Gasteiger partial charge is 0.294 e. The van der Waals surface area contributed by atoms with E-state index in [2.05, 4.69) is 10.6 Å². The quantitative estimate of drug-likeness (QED) is 0.299. The molecule has 0 radical (unpaired) electrons. The number of nitrogens with zero attached hydrogens (tertiary/aromatic N) is 1. The van der Waals surface area contributed by atoms with Gasteiger partial charge in [0.25, 0.3) is 17.1 Å². The minimum atomic E-state index is -0.554. The van der Waals surface area contributed by atoms with Gasteiger partial charge in [0.15, 0.2) is 18.1 Å². The molecule has 10 heteroatoms. The molecule has 1 fully saturated rings. The Kier molecular flexibility index (Phi) is 9.46. The maximum Gasteiger partial charge on any atom is 0.294 e. The highest BCUT2D eigenvalue weighted by molar-refractivity contribution is 8.18. The molecule has 0 atom stereocenters. The van der Waals surface area contributed by atoms with Crippen LogP contribution in [0, 0.1) is 20.8 Å². The van der Waals surface area contributed by atoms with Gasteiger partial charge in [0, 0.05) is 11.4 Å². The zero-order chi connectivity index (χ0) is 29.5. The summed E-state index contributed by atoms with van der Waals surface area (Å²) in [5.74, 6) is -0.595. The molecule has 0 saturated carbocycles. The summed E-state index contributed by atoms with van der Waals surface area (Å²) >= 11 is 0.763. The molecule has 2 N–H and O–H groups in total. The van der Waals surface area contributed by atoms with Crippen LogP contribution in [-0.2, 0) is 14.4 Å². The summed E-state index contributed by atoms with van der Waals surface area (Å²) in [5, 5.41) is 5.02. The molecule has 41 heavy (non-hydrogen) atoms. The monoisotopic (exact) mass is 573 g/mol. The van der Waals surface area contributed by atoms with E-state index < -0.39 is 23.6 Å². The normalized spacial score (nSPS) is 13.9. The van der Waals surface area contributed by atoms with Crippen molar-refractivity contribution < 1.29 is 28.7 Å². The van der Waals surface area contributed by atoms with Gasteiger partial charge in [-0.05, 0) is 92.6 Å². The summed E-state index contributed by atoms with van der Waals surface area (Å²) in [5.41, 5.74) is 4.87. The fraction of sp³-hybridized carbons (Fsp3) is 0.226. The molecule has 1 heterocycles. The number of ether oxygens (including phenoxy) is 2. The third kappa shape index (κ3) is 7.76. The van der Waals surface area contributed by atoms with Gasteiger partial charge in [-0.15, -0.1) is 0 Å². The fourth-order valence-electron chi connectivity index (χ4n) is 4.14. The molecule has 1 aliphatic rings. The van der Waals surface area contributed by atoms with E-state index in [0.29, 0.717) is 35.0 Å². The standard InChI is InChI=1S/C31H31N3O6S/c1-5-39-26-15-22(10-12-25(26)40-18-29(36)32-23-8-6-7-19(2)14-23)16-27-30(37)34(31(38)41-27)17-28(35)33-24-11-9-20(3)13-21(24)4/h6-16H,5,17-18H2,1-4H3,(H,32,36)(H,33,35)/b27-16+. The van der Waals surface area contributed by atoms with Crippen molar-refractivity contribution >= 4 is 52.2 Å². The van der Waals surface area contributed by atoms with Crippen molar-refractivity contribution in [1.29, 1.82) is 0 Å². The van der Waals surface area contributed by atoms with Crippen LogP contribution in [0.3, 0.4) is 0 Å². The molecule has 1 aliphatic heterocycles. The summed E-state index contributed by atoms with van der Waals surface area (Å²) in [6.45, 7) is 7.31. The zero-order valence-electron chi connectivity index (χ0n) is 23.3. The molecule has 212 valence electrons. The lowest BCUT2D eigenvalue weighted by Crippen LogP contribution is -2.36. The summed E-state index contributed by atoms with van der Waals surface area (Å²) in [4.78, 5) is 51.6. The fourth-order valence-corrected chi connectivity index (χ4v) is 4.98. The van der Waals surface area contributed by atoms with Crippen LogP contribution in [0.25, 0.3) is 6.08 Å². The molecular formula is C31H31N3O6S. The number of nitrogens with one attached hydrogen (secondary N) is 2. The van der Waals surface area contributed by atoms with E-state index in [1.807, 2.05) is 58.0 Å². The predicted molar refractivity (Wildman–Crippen MR) is 160 cm³/mol. The Morgan fingerprint density at radius 1 is 0.878 bits per heavy atom. The van der Waals surface area contributed by atoms with Gasteiger partial charge in [0.1, 0.15) is 6.54 Å². The van der Waals surface area contributed by atoms with Gasteiger partial charge in [0.05, 0.1) is 11.5 Å². The van der Waals surface area contributed by atoms with E-state index in [1.54, 1.807) is 36.4 Å². The average Bonchev–Trinajstić information content (AvgIpc) is 3.17. The molecule has 0 aliphatic carbocycles. The Morgan fingerprint density at radius 3 is 2.39 bits per heavy atom. The Bertz CT molecular complexity index is 1530. The largest absolute Gasteiger partial charge is 0.490 e. The van der Waals surface area contributed by atoms with E-state index in [-0.39, 0.29) is 17.4 Å². The number of carbonyl (C=O) groups excluding carboxylic acids is 4. The number of benzene rings is 3. The lowest BCUT2D eigenvalue weighted by molar-refractivity contribution is -0.127. The molecule has 9 nitrogen and oxygen atoms in total. The van der Waals surface area contributed by atoms with E-state index in [0.717, 1.165) is 33.4 Å². The highest BCUT2D eigenvalue weighted by Gasteiger charge is 2.36. The van der Waals surface area contributed by atoms with Crippen molar-refractivity contribution in [3.05, 3.63) is 87.8 Å². The molecular weight excluding hydrogens is 542 g/mol. The van der Waals surface area contributed by atoms with Crippen LogP contribution in [0.4, 0.5) is 16.2 Å². The van der Waals surface area contributed by atoms with Gasteiger partial charge in [-0.1, -0.05) is 35.9 Å². The van der Waals surface area contributed by atoms with Crippen molar-refractivity contribution in [1.82, 2.24) is 4.90 Å². The van der Waals surface area contributed by atoms with Crippen molar-refractivity contribution in [2.75, 3.05) is 30.4 Å². The molecule has 3 aromatic rings. The summed E-state index contributed by atoms with van der Waals surface area (Å²) in [7, 11) is 0. The second kappa shape index (κ2) is 13.2. The van der Waals surface area contributed by atoms with Crippen LogP contribution < -0.4 is 20.1 Å². The van der Waals surface area contributed by atoms with Crippen LogP contribution in [0.15, 0.2) is 65.6 Å². The van der Waals surface area contributed by atoms with E-state index in [9.17, 15) is 19.2 Å². The number of amides is 4. The summed E-state index contributed by atoms with van der Waals surface area (Å²) < 4.78 is 11.4. The first-order chi connectivity index (χ1) is 19.6. The van der Waals surface area contributed by atoms with Crippen LogP contribution in [0.5, 0.6) is 11.5 Å². The number of rotatable bonds is 10. The number of aryl methyl sites for hydroxylation is 3. The highest BCUT2D eigenvalue weighted by Crippen LogP contribution is 2.35. The van der Waals surface area contributed by atoms with Gasteiger partial charge >= 0.3 is 0 Å². The maximum atomic E-state index is 13.0.